The largest absolute Gasteiger partial charge is 0.478 e. The fourth-order valence-corrected chi connectivity index (χ4v) is 2.77. The van der Waals surface area contributed by atoms with Crippen LogP contribution in [0.25, 0.3) is 0 Å². The van der Waals surface area contributed by atoms with Crippen LogP contribution < -0.4 is 10.6 Å². The number of nitrogens with zero attached hydrogens (tertiary/aromatic N) is 1. The maximum atomic E-state index is 11.0. The first-order chi connectivity index (χ1) is 9.11. The Balaban J connectivity index is 2.13. The summed E-state index contributed by atoms with van der Waals surface area (Å²) in [6.07, 6.45) is 4.93. The van der Waals surface area contributed by atoms with Crippen LogP contribution in [0, 0.1) is 5.92 Å². The molecule has 1 aliphatic heterocycles. The van der Waals surface area contributed by atoms with Gasteiger partial charge < -0.3 is 15.7 Å². The number of benzene rings is 1. The van der Waals surface area contributed by atoms with Gasteiger partial charge >= 0.3 is 5.97 Å². The highest BCUT2D eigenvalue weighted by atomic mass is 16.4. The molecule has 1 aromatic rings. The SMILES string of the molecule is CCC1CCCN(c2ccc(C(=O)O)c(N)c2)CC1. The van der Waals surface area contributed by atoms with E-state index in [4.69, 9.17) is 10.8 Å². The van der Waals surface area contributed by atoms with Crippen molar-refractivity contribution in [1.29, 1.82) is 0 Å². The number of carboxylic acid groups (broad SMARTS) is 1. The van der Waals surface area contributed by atoms with E-state index in [-0.39, 0.29) is 5.56 Å². The summed E-state index contributed by atoms with van der Waals surface area (Å²) in [6, 6.07) is 5.26. The summed E-state index contributed by atoms with van der Waals surface area (Å²) in [4.78, 5) is 13.3. The predicted molar refractivity (Wildman–Crippen MR) is 77.7 cm³/mol. The lowest BCUT2D eigenvalue weighted by Crippen LogP contribution is -2.24. The Morgan fingerprint density at radius 1 is 1.42 bits per heavy atom. The third kappa shape index (κ3) is 3.19. The average molecular weight is 262 g/mol. The number of carboxylic acids is 1. The zero-order chi connectivity index (χ0) is 13.8. The molecular formula is C15H22N2O2. The van der Waals surface area contributed by atoms with Crippen molar-refractivity contribution in [3.8, 4) is 0 Å². The highest BCUT2D eigenvalue weighted by Gasteiger charge is 2.17. The Labute approximate surface area is 114 Å². The van der Waals surface area contributed by atoms with E-state index in [1.165, 1.54) is 25.7 Å². The first-order valence-electron chi connectivity index (χ1n) is 6.99. The first kappa shape index (κ1) is 13.7. The van der Waals surface area contributed by atoms with Crippen molar-refractivity contribution in [2.75, 3.05) is 23.7 Å². The second-order valence-corrected chi connectivity index (χ2v) is 5.27. The minimum absolute atomic E-state index is 0.185. The molecule has 0 aromatic heterocycles. The Hall–Kier alpha value is -1.71. The quantitative estimate of drug-likeness (QED) is 0.822. The molecular weight excluding hydrogens is 240 g/mol. The van der Waals surface area contributed by atoms with Crippen molar-refractivity contribution in [2.24, 2.45) is 5.92 Å². The van der Waals surface area contributed by atoms with E-state index < -0.39 is 5.97 Å². The van der Waals surface area contributed by atoms with Gasteiger partial charge in [0.15, 0.2) is 0 Å². The molecule has 1 aliphatic rings. The van der Waals surface area contributed by atoms with Crippen LogP contribution in [0.1, 0.15) is 43.0 Å². The van der Waals surface area contributed by atoms with Crippen LogP contribution in [-0.2, 0) is 0 Å². The van der Waals surface area contributed by atoms with E-state index >= 15 is 0 Å². The molecule has 1 fully saturated rings. The van der Waals surface area contributed by atoms with Crippen molar-refractivity contribution in [3.63, 3.8) is 0 Å². The van der Waals surface area contributed by atoms with Crippen molar-refractivity contribution in [1.82, 2.24) is 0 Å². The van der Waals surface area contributed by atoms with E-state index in [0.717, 1.165) is 24.7 Å². The summed E-state index contributed by atoms with van der Waals surface area (Å²) in [5.74, 6) is -0.147. The van der Waals surface area contributed by atoms with E-state index in [1.54, 1.807) is 12.1 Å². The fourth-order valence-electron chi connectivity index (χ4n) is 2.77. The van der Waals surface area contributed by atoms with Gasteiger partial charge in [-0.15, -0.1) is 0 Å². The Morgan fingerprint density at radius 2 is 2.21 bits per heavy atom. The molecule has 0 aliphatic carbocycles. The number of nitrogen functional groups attached to an aromatic ring is 1. The molecule has 4 nitrogen and oxygen atoms in total. The van der Waals surface area contributed by atoms with Gasteiger partial charge in [-0.3, -0.25) is 0 Å². The average Bonchev–Trinajstić information content (AvgIpc) is 2.63. The Bertz CT molecular complexity index is 459. The summed E-state index contributed by atoms with van der Waals surface area (Å²) in [5.41, 5.74) is 7.39. The van der Waals surface area contributed by atoms with Crippen LogP contribution in [0.5, 0.6) is 0 Å². The van der Waals surface area contributed by atoms with Gasteiger partial charge in [0.05, 0.1) is 5.56 Å². The van der Waals surface area contributed by atoms with Gasteiger partial charge in [0.2, 0.25) is 0 Å². The molecule has 0 spiro atoms. The lowest BCUT2D eigenvalue weighted by Gasteiger charge is -2.23. The van der Waals surface area contributed by atoms with Gasteiger partial charge in [-0.2, -0.15) is 0 Å². The third-order valence-corrected chi connectivity index (χ3v) is 4.06. The number of anilines is 2. The molecule has 1 saturated heterocycles. The number of nitrogens with two attached hydrogens (primary N) is 1. The smallest absolute Gasteiger partial charge is 0.337 e. The highest BCUT2D eigenvalue weighted by Crippen LogP contribution is 2.26. The van der Waals surface area contributed by atoms with E-state index in [9.17, 15) is 4.79 Å². The molecule has 0 radical (unpaired) electrons. The molecule has 1 heterocycles. The molecule has 1 aromatic carbocycles. The molecule has 0 amide bonds. The minimum Gasteiger partial charge on any atom is -0.478 e. The molecule has 0 bridgehead atoms. The normalized spacial score (nSPS) is 20.1. The van der Waals surface area contributed by atoms with Crippen LogP contribution in [0.3, 0.4) is 0 Å². The van der Waals surface area contributed by atoms with Gasteiger partial charge in [0.25, 0.3) is 0 Å². The molecule has 1 unspecified atom stereocenters. The minimum atomic E-state index is -0.967. The number of rotatable bonds is 3. The molecule has 104 valence electrons. The van der Waals surface area contributed by atoms with Gasteiger partial charge in [-0.05, 0) is 43.4 Å². The van der Waals surface area contributed by atoms with Gasteiger partial charge in [-0.25, -0.2) is 4.79 Å². The topological polar surface area (TPSA) is 66.6 Å². The fraction of sp³-hybridized carbons (Fsp3) is 0.533. The molecule has 19 heavy (non-hydrogen) atoms. The standard InChI is InChI=1S/C15H22N2O2/c1-2-11-4-3-8-17(9-7-11)12-5-6-13(15(18)19)14(16)10-12/h5-6,10-11H,2-4,7-9,16H2,1H3,(H,18,19). The highest BCUT2D eigenvalue weighted by molar-refractivity contribution is 5.94. The van der Waals surface area contributed by atoms with Crippen LogP contribution in [0.4, 0.5) is 11.4 Å². The summed E-state index contributed by atoms with van der Waals surface area (Å²) in [7, 11) is 0. The van der Waals surface area contributed by atoms with Crippen LogP contribution >= 0.6 is 0 Å². The van der Waals surface area contributed by atoms with Crippen molar-refractivity contribution in [3.05, 3.63) is 23.8 Å². The van der Waals surface area contributed by atoms with Crippen LogP contribution in [0.15, 0.2) is 18.2 Å². The van der Waals surface area contributed by atoms with Crippen LogP contribution in [0.2, 0.25) is 0 Å². The van der Waals surface area contributed by atoms with Crippen LogP contribution in [-0.4, -0.2) is 24.2 Å². The van der Waals surface area contributed by atoms with E-state index in [2.05, 4.69) is 11.8 Å². The molecule has 3 N–H and O–H groups in total. The predicted octanol–water partition coefficient (Wildman–Crippen LogP) is 2.98. The first-order valence-corrected chi connectivity index (χ1v) is 6.99. The monoisotopic (exact) mass is 262 g/mol. The van der Waals surface area contributed by atoms with Gasteiger partial charge in [-0.1, -0.05) is 13.3 Å². The van der Waals surface area contributed by atoms with E-state index in [1.807, 2.05) is 6.07 Å². The second kappa shape index (κ2) is 5.95. The number of carbonyl (C=O) groups is 1. The molecule has 4 heteroatoms. The Morgan fingerprint density at radius 3 is 2.84 bits per heavy atom. The summed E-state index contributed by atoms with van der Waals surface area (Å²) >= 11 is 0. The van der Waals surface area contributed by atoms with Gasteiger partial charge in [0.1, 0.15) is 0 Å². The Kier molecular flexibility index (Phi) is 4.30. The number of hydrogen-bond acceptors (Lipinski definition) is 3. The lowest BCUT2D eigenvalue weighted by atomic mass is 9.98. The van der Waals surface area contributed by atoms with Crippen molar-refractivity contribution < 1.29 is 9.90 Å². The maximum absolute atomic E-state index is 11.0. The van der Waals surface area contributed by atoms with Crippen molar-refractivity contribution in [2.45, 2.75) is 32.6 Å². The maximum Gasteiger partial charge on any atom is 0.337 e. The second-order valence-electron chi connectivity index (χ2n) is 5.27. The van der Waals surface area contributed by atoms with Crippen molar-refractivity contribution >= 4 is 17.3 Å². The number of aromatic carboxylic acids is 1. The zero-order valence-corrected chi connectivity index (χ0v) is 11.4. The molecule has 1 atom stereocenters. The van der Waals surface area contributed by atoms with E-state index in [0.29, 0.717) is 5.69 Å². The summed E-state index contributed by atoms with van der Waals surface area (Å²) in [5, 5.41) is 8.98. The van der Waals surface area contributed by atoms with Gasteiger partial charge in [0, 0.05) is 24.5 Å². The lowest BCUT2D eigenvalue weighted by molar-refractivity contribution is 0.0698. The third-order valence-electron chi connectivity index (χ3n) is 4.06. The summed E-state index contributed by atoms with van der Waals surface area (Å²) in [6.45, 7) is 4.31. The zero-order valence-electron chi connectivity index (χ0n) is 11.4. The summed E-state index contributed by atoms with van der Waals surface area (Å²) < 4.78 is 0. The number of hydrogen-bond donors (Lipinski definition) is 2. The molecule has 0 saturated carbocycles. The molecule has 2 rings (SSSR count).